The van der Waals surface area contributed by atoms with Gasteiger partial charge in [-0.15, -0.1) is 0 Å². The summed E-state index contributed by atoms with van der Waals surface area (Å²) in [5.74, 6) is 0. The fraction of sp³-hybridized carbons (Fsp3) is 0.800. The van der Waals surface area contributed by atoms with E-state index in [4.69, 9.17) is 5.11 Å². The molecule has 0 saturated carbocycles. The van der Waals surface area contributed by atoms with Crippen molar-refractivity contribution in [2.45, 2.75) is 26.3 Å². The van der Waals surface area contributed by atoms with E-state index in [2.05, 4.69) is 10.2 Å². The van der Waals surface area contributed by atoms with Crippen molar-refractivity contribution in [3.05, 3.63) is 0 Å². The van der Waals surface area contributed by atoms with Crippen molar-refractivity contribution in [1.82, 2.24) is 0 Å². The van der Waals surface area contributed by atoms with Crippen LogP contribution in [0.3, 0.4) is 0 Å². The normalized spacial score (nSPS) is 12.3. The van der Waals surface area contributed by atoms with Crippen molar-refractivity contribution >= 4 is 6.09 Å². The summed E-state index contributed by atoms with van der Waals surface area (Å²) in [4.78, 5) is 9.79. The third kappa shape index (κ3) is 7.07. The average molecular weight is 130 g/mol. The number of hydrogen-bond acceptors (Lipinski definition) is 2. The molecule has 0 aliphatic rings. The molecule has 0 heterocycles. The van der Waals surface area contributed by atoms with Crippen LogP contribution in [0.15, 0.2) is 10.2 Å². The van der Waals surface area contributed by atoms with Gasteiger partial charge in [-0.3, -0.25) is 0 Å². The second-order valence-electron chi connectivity index (χ2n) is 2.65. The van der Waals surface area contributed by atoms with E-state index in [0.717, 1.165) is 0 Å². The lowest BCUT2D eigenvalue weighted by Crippen LogP contribution is -2.08. The Hall–Kier alpha value is -0.930. The van der Waals surface area contributed by atoms with E-state index in [1.807, 2.05) is 0 Å². The average Bonchev–Trinajstić information content (AvgIpc) is 1.59. The SMILES string of the molecule is CC(C)(C)N=NC(=O)O. The Morgan fingerprint density at radius 2 is 1.89 bits per heavy atom. The number of nitrogens with zero attached hydrogens (tertiary/aromatic N) is 2. The second kappa shape index (κ2) is 2.57. The molecule has 0 atom stereocenters. The standard InChI is InChI=1S/C5H10N2O2/c1-5(2,3)7-6-4(8)9/h1-3H3,(H,8,9). The third-order valence-electron chi connectivity index (χ3n) is 0.436. The number of azo groups is 1. The smallest absolute Gasteiger partial charge is 0.449 e. The Kier molecular flexibility index (Phi) is 2.30. The molecule has 4 nitrogen and oxygen atoms in total. The van der Waals surface area contributed by atoms with E-state index in [9.17, 15) is 4.79 Å². The van der Waals surface area contributed by atoms with Gasteiger partial charge in [-0.05, 0) is 20.8 Å². The molecule has 0 rings (SSSR count). The maximum atomic E-state index is 9.79. The van der Waals surface area contributed by atoms with Gasteiger partial charge in [0.25, 0.3) is 0 Å². The minimum Gasteiger partial charge on any atom is -0.462 e. The first-order valence-electron chi connectivity index (χ1n) is 2.57. The summed E-state index contributed by atoms with van der Waals surface area (Å²) in [6.07, 6.45) is -1.25. The summed E-state index contributed by atoms with van der Waals surface area (Å²) in [6, 6.07) is 0. The number of carbonyl (C=O) groups is 1. The number of amides is 1. The molecule has 0 aromatic heterocycles. The molecule has 52 valence electrons. The highest BCUT2D eigenvalue weighted by atomic mass is 16.4. The molecule has 0 radical (unpaired) electrons. The molecule has 1 amide bonds. The van der Waals surface area contributed by atoms with Crippen LogP contribution in [0.1, 0.15) is 20.8 Å². The highest BCUT2D eigenvalue weighted by Crippen LogP contribution is 2.05. The van der Waals surface area contributed by atoms with Gasteiger partial charge >= 0.3 is 6.09 Å². The Morgan fingerprint density at radius 3 is 2.00 bits per heavy atom. The molecule has 4 heteroatoms. The highest BCUT2D eigenvalue weighted by Gasteiger charge is 2.06. The van der Waals surface area contributed by atoms with Crippen molar-refractivity contribution in [2.75, 3.05) is 0 Å². The molecule has 1 N–H and O–H groups in total. The first-order valence-corrected chi connectivity index (χ1v) is 2.57. The van der Waals surface area contributed by atoms with E-state index in [1.54, 1.807) is 20.8 Å². The second-order valence-corrected chi connectivity index (χ2v) is 2.65. The van der Waals surface area contributed by atoms with Crippen LogP contribution >= 0.6 is 0 Å². The van der Waals surface area contributed by atoms with Crippen LogP contribution in [-0.2, 0) is 0 Å². The topological polar surface area (TPSA) is 62.0 Å². The van der Waals surface area contributed by atoms with Gasteiger partial charge in [0.05, 0.1) is 5.54 Å². The van der Waals surface area contributed by atoms with Crippen molar-refractivity contribution in [1.29, 1.82) is 0 Å². The van der Waals surface area contributed by atoms with Crippen molar-refractivity contribution in [3.63, 3.8) is 0 Å². The molecule has 0 spiro atoms. The number of rotatable bonds is 0. The zero-order chi connectivity index (χ0) is 7.49. The fourth-order valence-electron chi connectivity index (χ4n) is 0.193. The summed E-state index contributed by atoms with van der Waals surface area (Å²) in [7, 11) is 0. The minimum atomic E-state index is -1.25. The van der Waals surface area contributed by atoms with Gasteiger partial charge in [-0.1, -0.05) is 5.11 Å². The maximum Gasteiger partial charge on any atom is 0.449 e. The highest BCUT2D eigenvalue weighted by molar-refractivity contribution is 5.64. The summed E-state index contributed by atoms with van der Waals surface area (Å²) >= 11 is 0. The largest absolute Gasteiger partial charge is 0.462 e. The molecule has 0 saturated heterocycles. The minimum absolute atomic E-state index is 0.390. The summed E-state index contributed by atoms with van der Waals surface area (Å²) in [5, 5.41) is 14.4. The molecular formula is C5H10N2O2. The monoisotopic (exact) mass is 130 g/mol. The number of carboxylic acid groups (broad SMARTS) is 1. The van der Waals surface area contributed by atoms with E-state index in [1.165, 1.54) is 0 Å². The fourth-order valence-corrected chi connectivity index (χ4v) is 0.193. The first-order chi connectivity index (χ1) is 3.92. The predicted molar refractivity (Wildman–Crippen MR) is 32.6 cm³/mol. The Bertz CT molecular complexity index is 134. The van der Waals surface area contributed by atoms with Crippen molar-refractivity contribution < 1.29 is 9.90 Å². The van der Waals surface area contributed by atoms with Gasteiger partial charge in [0.2, 0.25) is 0 Å². The zero-order valence-electron chi connectivity index (χ0n) is 5.75. The van der Waals surface area contributed by atoms with Crippen LogP contribution in [-0.4, -0.2) is 16.7 Å². The van der Waals surface area contributed by atoms with Crippen LogP contribution in [0.25, 0.3) is 0 Å². The lowest BCUT2D eigenvalue weighted by atomic mass is 10.1. The van der Waals surface area contributed by atoms with Gasteiger partial charge in [0.15, 0.2) is 0 Å². The van der Waals surface area contributed by atoms with Gasteiger partial charge < -0.3 is 5.11 Å². The van der Waals surface area contributed by atoms with Crippen LogP contribution in [0.2, 0.25) is 0 Å². The lowest BCUT2D eigenvalue weighted by molar-refractivity contribution is 0.202. The lowest BCUT2D eigenvalue weighted by Gasteiger charge is -2.06. The van der Waals surface area contributed by atoms with E-state index < -0.39 is 11.6 Å². The molecule has 0 bridgehead atoms. The molecule has 0 aliphatic carbocycles. The van der Waals surface area contributed by atoms with Gasteiger partial charge in [-0.2, -0.15) is 5.11 Å². The van der Waals surface area contributed by atoms with Crippen LogP contribution in [0, 0.1) is 0 Å². The van der Waals surface area contributed by atoms with Gasteiger partial charge in [0.1, 0.15) is 0 Å². The van der Waals surface area contributed by atoms with E-state index in [-0.39, 0.29) is 0 Å². The summed E-state index contributed by atoms with van der Waals surface area (Å²) in [6.45, 7) is 5.33. The van der Waals surface area contributed by atoms with Gasteiger partial charge in [0, 0.05) is 0 Å². The van der Waals surface area contributed by atoms with Crippen molar-refractivity contribution in [2.24, 2.45) is 10.2 Å². The molecular weight excluding hydrogens is 120 g/mol. The van der Waals surface area contributed by atoms with E-state index >= 15 is 0 Å². The van der Waals surface area contributed by atoms with Crippen LogP contribution < -0.4 is 0 Å². The Balaban J connectivity index is 3.86. The van der Waals surface area contributed by atoms with Crippen LogP contribution in [0.4, 0.5) is 4.79 Å². The Labute approximate surface area is 53.6 Å². The van der Waals surface area contributed by atoms with Crippen molar-refractivity contribution in [3.8, 4) is 0 Å². The molecule has 9 heavy (non-hydrogen) atoms. The maximum absolute atomic E-state index is 9.79. The quantitative estimate of drug-likeness (QED) is 0.509. The molecule has 0 aromatic carbocycles. The third-order valence-corrected chi connectivity index (χ3v) is 0.436. The van der Waals surface area contributed by atoms with Gasteiger partial charge in [-0.25, -0.2) is 4.79 Å². The predicted octanol–water partition coefficient (Wildman–Crippen LogP) is 1.92. The molecule has 0 unspecified atom stereocenters. The molecule has 0 aromatic rings. The molecule has 0 fully saturated rings. The summed E-state index contributed by atoms with van der Waals surface area (Å²) < 4.78 is 0. The van der Waals surface area contributed by atoms with Crippen LogP contribution in [0.5, 0.6) is 0 Å². The summed E-state index contributed by atoms with van der Waals surface area (Å²) in [5.41, 5.74) is -0.390. The molecule has 0 aliphatic heterocycles. The Morgan fingerprint density at radius 1 is 1.44 bits per heavy atom. The van der Waals surface area contributed by atoms with E-state index in [0.29, 0.717) is 0 Å². The zero-order valence-corrected chi connectivity index (χ0v) is 5.75. The first kappa shape index (κ1) is 8.07. The number of hydrogen-bond donors (Lipinski definition) is 1.